The molecular formula is C14H22O3. The van der Waals surface area contributed by atoms with E-state index in [2.05, 4.69) is 0 Å². The van der Waals surface area contributed by atoms with E-state index < -0.39 is 6.10 Å². The number of aliphatic hydroxyl groups excluding tert-OH is 2. The van der Waals surface area contributed by atoms with E-state index in [4.69, 9.17) is 9.84 Å². The van der Waals surface area contributed by atoms with E-state index in [9.17, 15) is 5.11 Å². The summed E-state index contributed by atoms with van der Waals surface area (Å²) in [4.78, 5) is 0. The van der Waals surface area contributed by atoms with Crippen LogP contribution in [0.2, 0.25) is 0 Å². The lowest BCUT2D eigenvalue weighted by atomic mass is 10.1. The van der Waals surface area contributed by atoms with Gasteiger partial charge in [-0.3, -0.25) is 0 Å². The summed E-state index contributed by atoms with van der Waals surface area (Å²) in [5.74, 6) is 0.769. The van der Waals surface area contributed by atoms with Gasteiger partial charge in [0.1, 0.15) is 5.75 Å². The van der Waals surface area contributed by atoms with Gasteiger partial charge in [0.2, 0.25) is 0 Å². The lowest BCUT2D eigenvalue weighted by Crippen LogP contribution is -2.03. The Morgan fingerprint density at radius 1 is 1.18 bits per heavy atom. The molecule has 1 atom stereocenters. The van der Waals surface area contributed by atoms with E-state index in [1.165, 1.54) is 0 Å². The summed E-state index contributed by atoms with van der Waals surface area (Å²) in [5, 5.41) is 18.5. The first-order valence-electron chi connectivity index (χ1n) is 6.30. The summed E-state index contributed by atoms with van der Waals surface area (Å²) in [6.07, 6.45) is 2.95. The molecule has 1 aromatic carbocycles. The van der Waals surface area contributed by atoms with Crippen molar-refractivity contribution in [2.75, 3.05) is 13.2 Å². The summed E-state index contributed by atoms with van der Waals surface area (Å²) in [6.45, 7) is 2.82. The van der Waals surface area contributed by atoms with Crippen molar-refractivity contribution < 1.29 is 14.9 Å². The highest BCUT2D eigenvalue weighted by atomic mass is 16.5. The summed E-state index contributed by atoms with van der Waals surface area (Å²) in [6, 6.07) is 7.61. The van der Waals surface area contributed by atoms with Crippen molar-refractivity contribution >= 4 is 0 Å². The number of para-hydroxylation sites is 1. The van der Waals surface area contributed by atoms with Gasteiger partial charge in [0, 0.05) is 12.2 Å². The SMILES string of the molecule is CCC(O)c1ccccc1OCCCCCO. The van der Waals surface area contributed by atoms with Crippen LogP contribution in [0.15, 0.2) is 24.3 Å². The Labute approximate surface area is 103 Å². The molecule has 1 aromatic rings. The van der Waals surface area contributed by atoms with Crippen LogP contribution in [0.25, 0.3) is 0 Å². The van der Waals surface area contributed by atoms with Crippen LogP contribution in [0.1, 0.15) is 44.3 Å². The van der Waals surface area contributed by atoms with Crippen molar-refractivity contribution in [3.05, 3.63) is 29.8 Å². The van der Waals surface area contributed by atoms with E-state index in [-0.39, 0.29) is 6.61 Å². The van der Waals surface area contributed by atoms with Crippen molar-refractivity contribution in [3.63, 3.8) is 0 Å². The monoisotopic (exact) mass is 238 g/mol. The molecule has 0 saturated heterocycles. The molecule has 0 aliphatic carbocycles. The lowest BCUT2D eigenvalue weighted by molar-refractivity contribution is 0.166. The van der Waals surface area contributed by atoms with Gasteiger partial charge in [-0.15, -0.1) is 0 Å². The molecule has 0 radical (unpaired) electrons. The van der Waals surface area contributed by atoms with E-state index in [1.54, 1.807) is 0 Å². The molecule has 0 fully saturated rings. The normalized spacial score (nSPS) is 12.4. The van der Waals surface area contributed by atoms with Crippen molar-refractivity contribution in [2.45, 2.75) is 38.7 Å². The Bertz CT molecular complexity index is 312. The third kappa shape index (κ3) is 4.75. The maximum Gasteiger partial charge on any atom is 0.125 e. The van der Waals surface area contributed by atoms with Gasteiger partial charge in [-0.25, -0.2) is 0 Å². The number of unbranched alkanes of at least 4 members (excludes halogenated alkanes) is 2. The van der Waals surface area contributed by atoms with Crippen LogP contribution in [-0.2, 0) is 0 Å². The Balaban J connectivity index is 2.46. The van der Waals surface area contributed by atoms with Gasteiger partial charge < -0.3 is 14.9 Å². The minimum Gasteiger partial charge on any atom is -0.493 e. The zero-order valence-corrected chi connectivity index (χ0v) is 10.4. The fourth-order valence-corrected chi connectivity index (χ4v) is 1.68. The molecule has 1 rings (SSSR count). The zero-order valence-electron chi connectivity index (χ0n) is 10.4. The third-order valence-electron chi connectivity index (χ3n) is 2.72. The number of aliphatic hydroxyl groups is 2. The Kier molecular flexibility index (Phi) is 6.67. The molecule has 0 bridgehead atoms. The molecule has 0 saturated carbocycles. The predicted molar refractivity (Wildman–Crippen MR) is 68.1 cm³/mol. The summed E-state index contributed by atoms with van der Waals surface area (Å²) >= 11 is 0. The zero-order chi connectivity index (χ0) is 12.5. The Morgan fingerprint density at radius 3 is 2.65 bits per heavy atom. The van der Waals surface area contributed by atoms with Crippen LogP contribution >= 0.6 is 0 Å². The second kappa shape index (κ2) is 8.09. The van der Waals surface area contributed by atoms with Crippen LogP contribution in [0.5, 0.6) is 5.75 Å². The highest BCUT2D eigenvalue weighted by Crippen LogP contribution is 2.26. The molecule has 3 nitrogen and oxygen atoms in total. The highest BCUT2D eigenvalue weighted by Gasteiger charge is 2.10. The van der Waals surface area contributed by atoms with E-state index in [1.807, 2.05) is 31.2 Å². The Hall–Kier alpha value is -1.06. The second-order valence-electron chi connectivity index (χ2n) is 4.09. The number of hydrogen-bond donors (Lipinski definition) is 2. The van der Waals surface area contributed by atoms with Crippen LogP contribution in [0.3, 0.4) is 0 Å². The molecule has 17 heavy (non-hydrogen) atoms. The molecule has 1 unspecified atom stereocenters. The van der Waals surface area contributed by atoms with Gasteiger partial charge in [0.05, 0.1) is 12.7 Å². The molecule has 0 aliphatic heterocycles. The minimum absolute atomic E-state index is 0.241. The molecule has 0 heterocycles. The van der Waals surface area contributed by atoms with Crippen LogP contribution < -0.4 is 4.74 Å². The largest absolute Gasteiger partial charge is 0.493 e. The fraction of sp³-hybridized carbons (Fsp3) is 0.571. The Morgan fingerprint density at radius 2 is 1.94 bits per heavy atom. The van der Waals surface area contributed by atoms with E-state index in [0.29, 0.717) is 13.0 Å². The maximum absolute atomic E-state index is 9.84. The fourth-order valence-electron chi connectivity index (χ4n) is 1.68. The number of rotatable bonds is 8. The van der Waals surface area contributed by atoms with Crippen LogP contribution in [0.4, 0.5) is 0 Å². The van der Waals surface area contributed by atoms with Gasteiger partial charge in [-0.05, 0) is 31.7 Å². The van der Waals surface area contributed by atoms with E-state index in [0.717, 1.165) is 30.6 Å². The van der Waals surface area contributed by atoms with Gasteiger partial charge in [0.15, 0.2) is 0 Å². The molecule has 0 aliphatic rings. The first kappa shape index (κ1) is 14.0. The standard InChI is InChI=1S/C14H22O3/c1-2-13(16)12-8-4-5-9-14(12)17-11-7-3-6-10-15/h4-5,8-9,13,15-16H,2-3,6-7,10-11H2,1H3. The molecule has 96 valence electrons. The van der Waals surface area contributed by atoms with Crippen LogP contribution in [-0.4, -0.2) is 23.4 Å². The molecule has 0 spiro atoms. The lowest BCUT2D eigenvalue weighted by Gasteiger charge is -2.14. The number of ether oxygens (including phenoxy) is 1. The number of hydrogen-bond acceptors (Lipinski definition) is 3. The molecule has 0 aromatic heterocycles. The average molecular weight is 238 g/mol. The molecule has 3 heteroatoms. The predicted octanol–water partition coefficient (Wildman–Crippen LogP) is 2.67. The summed E-state index contributed by atoms with van der Waals surface area (Å²) in [7, 11) is 0. The third-order valence-corrected chi connectivity index (χ3v) is 2.72. The molecular weight excluding hydrogens is 216 g/mol. The summed E-state index contributed by atoms with van der Waals surface area (Å²) in [5.41, 5.74) is 0.858. The van der Waals surface area contributed by atoms with Gasteiger partial charge >= 0.3 is 0 Å². The van der Waals surface area contributed by atoms with Gasteiger partial charge in [-0.1, -0.05) is 25.1 Å². The first-order valence-corrected chi connectivity index (χ1v) is 6.30. The van der Waals surface area contributed by atoms with Crippen molar-refractivity contribution in [2.24, 2.45) is 0 Å². The molecule has 0 amide bonds. The van der Waals surface area contributed by atoms with Crippen molar-refractivity contribution in [1.29, 1.82) is 0 Å². The van der Waals surface area contributed by atoms with E-state index >= 15 is 0 Å². The molecule has 2 N–H and O–H groups in total. The van der Waals surface area contributed by atoms with Crippen LogP contribution in [0, 0.1) is 0 Å². The van der Waals surface area contributed by atoms with Gasteiger partial charge in [-0.2, -0.15) is 0 Å². The topological polar surface area (TPSA) is 49.7 Å². The average Bonchev–Trinajstić information content (AvgIpc) is 2.38. The summed E-state index contributed by atoms with van der Waals surface area (Å²) < 4.78 is 5.67. The number of benzene rings is 1. The first-order chi connectivity index (χ1) is 8.29. The maximum atomic E-state index is 9.84. The second-order valence-corrected chi connectivity index (χ2v) is 4.09. The minimum atomic E-state index is -0.455. The highest BCUT2D eigenvalue weighted by molar-refractivity contribution is 5.34. The van der Waals surface area contributed by atoms with Crippen molar-refractivity contribution in [1.82, 2.24) is 0 Å². The quantitative estimate of drug-likeness (QED) is 0.685. The van der Waals surface area contributed by atoms with Gasteiger partial charge in [0.25, 0.3) is 0 Å². The van der Waals surface area contributed by atoms with Crippen molar-refractivity contribution in [3.8, 4) is 5.75 Å². The smallest absolute Gasteiger partial charge is 0.125 e.